The number of primary sulfonamides is 1. The van der Waals surface area contributed by atoms with E-state index in [4.69, 9.17) is 22.0 Å². The van der Waals surface area contributed by atoms with Gasteiger partial charge < -0.3 is 11.5 Å². The zero-order valence-corrected chi connectivity index (χ0v) is 20.8. The summed E-state index contributed by atoms with van der Waals surface area (Å²) < 4.78 is 23.6. The van der Waals surface area contributed by atoms with Crippen molar-refractivity contribution < 1.29 is 8.42 Å². The molecule has 11 heteroatoms. The minimum Gasteiger partial charge on any atom is -0.398 e. The van der Waals surface area contributed by atoms with Crippen molar-refractivity contribution in [2.45, 2.75) is 19.8 Å². The molecule has 3 rings (SSSR count). The molecule has 0 atom stereocenters. The molecule has 0 unspecified atom stereocenters. The van der Waals surface area contributed by atoms with Crippen LogP contribution in [0, 0.1) is 5.41 Å². The molecule has 0 aliphatic carbocycles. The first kappa shape index (κ1) is 24.8. The molecule has 6 nitrogen and oxygen atoms in total. The molecule has 0 saturated heterocycles. The number of nitrogen functional groups attached to an aromatic ring is 2. The maximum absolute atomic E-state index is 10.7. The van der Waals surface area contributed by atoms with Gasteiger partial charge in [-0.25, -0.2) is 13.6 Å². The van der Waals surface area contributed by atoms with Crippen molar-refractivity contribution in [2.75, 3.05) is 12.0 Å². The van der Waals surface area contributed by atoms with Crippen LogP contribution in [-0.4, -0.2) is 20.5 Å². The maximum Gasteiger partial charge on any atom is 0.213 e. The normalized spacial score (nSPS) is 10.9. The zero-order valence-electron chi connectivity index (χ0n) is 16.0. The van der Waals surface area contributed by atoms with Gasteiger partial charge in [-0.2, -0.15) is 0 Å². The van der Waals surface area contributed by atoms with E-state index in [1.807, 2.05) is 24.5 Å². The molecule has 7 N–H and O–H groups in total. The van der Waals surface area contributed by atoms with Crippen LogP contribution in [0.3, 0.4) is 0 Å². The van der Waals surface area contributed by atoms with E-state index >= 15 is 0 Å². The number of nitrogens with one attached hydrogen (secondary N) is 1. The number of hydrogen-bond donors (Lipinski definition) is 4. The minimum absolute atomic E-state index is 0.136. The van der Waals surface area contributed by atoms with Gasteiger partial charge in [-0.1, -0.05) is 52.0 Å². The number of thiophene rings is 1. The number of para-hydroxylation sites is 1. The monoisotopic (exact) mass is 544 g/mol. The van der Waals surface area contributed by atoms with Gasteiger partial charge in [0.25, 0.3) is 0 Å². The molecule has 0 amide bonds. The van der Waals surface area contributed by atoms with E-state index < -0.39 is 10.0 Å². The van der Waals surface area contributed by atoms with E-state index in [0.717, 1.165) is 14.2 Å². The second-order valence-electron chi connectivity index (χ2n) is 5.95. The van der Waals surface area contributed by atoms with Crippen molar-refractivity contribution in [3.05, 3.63) is 69.5 Å². The van der Waals surface area contributed by atoms with Crippen LogP contribution in [0.5, 0.6) is 0 Å². The van der Waals surface area contributed by atoms with E-state index in [1.165, 1.54) is 9.10 Å². The van der Waals surface area contributed by atoms with Gasteiger partial charge in [-0.05, 0) is 42.2 Å². The lowest BCUT2D eigenvalue weighted by atomic mass is 10.2. The third-order valence-electron chi connectivity index (χ3n) is 3.55. The summed E-state index contributed by atoms with van der Waals surface area (Å²) >= 11 is 8.43. The zero-order chi connectivity index (χ0) is 22.3. The number of sulfonamides is 1. The van der Waals surface area contributed by atoms with Crippen LogP contribution >= 0.6 is 50.8 Å². The Balaban J connectivity index is 0.000000232. The number of nitrogens with two attached hydrogens (primary N) is 3. The molecule has 0 aliphatic heterocycles. The molecular formula is C19H21BrN4O2S4. The average molecular weight is 546 g/mol. The molecule has 0 radical (unpaired) electrons. The molecule has 30 heavy (non-hydrogen) atoms. The summed E-state index contributed by atoms with van der Waals surface area (Å²) in [6.07, 6.45) is 2.04. The first-order chi connectivity index (χ1) is 14.1. The third-order valence-corrected chi connectivity index (χ3v) is 8.35. The molecule has 2 aromatic carbocycles. The van der Waals surface area contributed by atoms with Crippen LogP contribution in [0.15, 0.2) is 73.1 Å². The summed E-state index contributed by atoms with van der Waals surface area (Å²) in [7, 11) is -3.48. The Morgan fingerprint density at radius 1 is 1.17 bits per heavy atom. The quantitative estimate of drug-likeness (QED) is 0.153. The van der Waals surface area contributed by atoms with E-state index in [-0.39, 0.29) is 11.6 Å². The van der Waals surface area contributed by atoms with E-state index in [9.17, 15) is 8.42 Å². The summed E-state index contributed by atoms with van der Waals surface area (Å²) in [5.74, 6) is -0.0731. The smallest absolute Gasteiger partial charge is 0.213 e. The number of hydrogen-bond acceptors (Lipinski definition) is 7. The third kappa shape index (κ3) is 7.97. The Morgan fingerprint density at radius 3 is 2.43 bits per heavy atom. The highest BCUT2D eigenvalue weighted by atomic mass is 79.9. The molecule has 0 bridgehead atoms. The molecule has 0 spiro atoms. The van der Waals surface area contributed by atoms with Crippen molar-refractivity contribution in [1.82, 2.24) is 0 Å². The fourth-order valence-corrected chi connectivity index (χ4v) is 6.55. The van der Waals surface area contributed by atoms with Crippen molar-refractivity contribution in [3.8, 4) is 0 Å². The Labute approximate surface area is 197 Å². The molecule has 3 aromatic rings. The van der Waals surface area contributed by atoms with E-state index in [0.29, 0.717) is 11.3 Å². The molecule has 0 fully saturated rings. The molecular weight excluding hydrogens is 524 g/mol. The van der Waals surface area contributed by atoms with Crippen molar-refractivity contribution >= 4 is 72.3 Å². The molecule has 0 aliphatic rings. The Morgan fingerprint density at radius 2 is 1.87 bits per heavy atom. The molecule has 160 valence electrons. The number of amidine groups is 1. The first-order valence-electron chi connectivity index (χ1n) is 8.38. The maximum atomic E-state index is 10.7. The highest BCUT2D eigenvalue weighted by Gasteiger charge is 2.11. The van der Waals surface area contributed by atoms with E-state index in [1.54, 1.807) is 59.1 Å². The lowest BCUT2D eigenvalue weighted by Gasteiger charge is -2.01. The molecule has 0 saturated carbocycles. The summed E-state index contributed by atoms with van der Waals surface area (Å²) in [4.78, 5) is 3.17. The van der Waals surface area contributed by atoms with Crippen LogP contribution in [0.25, 0.3) is 0 Å². The highest BCUT2D eigenvalue weighted by molar-refractivity contribution is 9.10. The molecule has 1 aromatic heterocycles. The largest absolute Gasteiger partial charge is 0.398 e. The molecule has 1 heterocycles. The van der Waals surface area contributed by atoms with Gasteiger partial charge in [-0.3, -0.25) is 5.41 Å². The van der Waals surface area contributed by atoms with Gasteiger partial charge in [0.05, 0.1) is 14.8 Å². The average Bonchev–Trinajstić information content (AvgIpc) is 3.06. The van der Waals surface area contributed by atoms with Gasteiger partial charge >= 0.3 is 0 Å². The Hall–Kier alpha value is -1.50. The van der Waals surface area contributed by atoms with Crippen LogP contribution < -0.4 is 16.6 Å². The van der Waals surface area contributed by atoms with Crippen LogP contribution in [0.4, 0.5) is 5.69 Å². The summed E-state index contributed by atoms with van der Waals surface area (Å²) in [6.45, 7) is 0. The van der Waals surface area contributed by atoms with Crippen LogP contribution in [-0.2, 0) is 15.8 Å². The second-order valence-corrected chi connectivity index (χ2v) is 11.7. The summed E-state index contributed by atoms with van der Waals surface area (Å²) in [5, 5.41) is 12.3. The topological polar surface area (TPSA) is 136 Å². The fraction of sp³-hybridized carbons (Fsp3) is 0.105. The summed E-state index contributed by atoms with van der Waals surface area (Å²) in [5.41, 5.74) is 12.0. The van der Waals surface area contributed by atoms with Gasteiger partial charge in [0.15, 0.2) is 0 Å². The predicted molar refractivity (Wildman–Crippen MR) is 133 cm³/mol. The van der Waals surface area contributed by atoms with Crippen molar-refractivity contribution in [1.29, 1.82) is 5.41 Å². The van der Waals surface area contributed by atoms with Gasteiger partial charge in [0.1, 0.15) is 5.84 Å². The minimum atomic E-state index is -3.48. The standard InChI is InChI=1S/C12H11BrN2S3.C7H10N2O2S/c1-16-12-10(6-9(18-12)11(14)15)17-8-4-2-3-7(13)5-8;8-7-4-2-1-3-6(7)5-12(9,10)11/h2-6H,1H3,(H3,14,15);1-4H,5,8H2,(H2,9,10,11). The van der Waals surface area contributed by atoms with Crippen molar-refractivity contribution in [2.24, 2.45) is 10.9 Å². The Kier molecular flexibility index (Phi) is 9.26. The lowest BCUT2D eigenvalue weighted by molar-refractivity contribution is 0.597. The Bertz CT molecular complexity index is 1130. The van der Waals surface area contributed by atoms with Gasteiger partial charge in [0, 0.05) is 20.0 Å². The van der Waals surface area contributed by atoms with Gasteiger partial charge in [-0.15, -0.1) is 23.1 Å². The lowest BCUT2D eigenvalue weighted by Crippen LogP contribution is -2.15. The van der Waals surface area contributed by atoms with Gasteiger partial charge in [0.2, 0.25) is 10.0 Å². The van der Waals surface area contributed by atoms with E-state index in [2.05, 4.69) is 28.1 Å². The number of thioether (sulfide) groups is 1. The number of halogens is 1. The van der Waals surface area contributed by atoms with Crippen LogP contribution in [0.2, 0.25) is 0 Å². The van der Waals surface area contributed by atoms with Crippen LogP contribution in [0.1, 0.15) is 10.4 Å². The number of rotatable bonds is 6. The summed E-state index contributed by atoms with van der Waals surface area (Å²) in [6, 6.07) is 16.9. The fourth-order valence-electron chi connectivity index (χ4n) is 2.24. The number of anilines is 1. The number of benzene rings is 2. The second kappa shape index (κ2) is 11.2. The SMILES string of the molecule is CSc1sc(C(=N)N)cc1Sc1cccc(Br)c1.Nc1ccccc1CS(N)(=O)=O. The highest BCUT2D eigenvalue weighted by Crippen LogP contribution is 2.40. The predicted octanol–water partition coefficient (Wildman–Crippen LogP) is 4.73. The first-order valence-corrected chi connectivity index (χ1v) is 13.7. The van der Waals surface area contributed by atoms with Crippen molar-refractivity contribution in [3.63, 3.8) is 0 Å².